The normalized spacial score (nSPS) is 16.2. The Hall–Kier alpha value is -3.00. The van der Waals surface area contributed by atoms with Gasteiger partial charge in [0.05, 0.1) is 11.8 Å². The lowest BCUT2D eigenvalue weighted by Crippen LogP contribution is -2.32. The van der Waals surface area contributed by atoms with Crippen molar-refractivity contribution in [3.8, 4) is 5.88 Å². The molecule has 2 heterocycles. The number of hydrogen-bond donors (Lipinski definition) is 2. The van der Waals surface area contributed by atoms with Crippen molar-refractivity contribution in [2.75, 3.05) is 30.0 Å². The fourth-order valence-electron chi connectivity index (χ4n) is 4.01. The Morgan fingerprint density at radius 3 is 2.76 bits per heavy atom. The van der Waals surface area contributed by atoms with E-state index in [9.17, 15) is 5.11 Å². The van der Waals surface area contributed by atoms with E-state index in [1.807, 2.05) is 12.1 Å². The van der Waals surface area contributed by atoms with E-state index in [2.05, 4.69) is 33.7 Å². The lowest BCUT2D eigenvalue weighted by molar-refractivity contribution is 0.0254. The van der Waals surface area contributed by atoms with E-state index < -0.39 is 17.2 Å². The molecular formula is C25H30F2N4O2. The lowest BCUT2D eigenvalue weighted by Gasteiger charge is -2.30. The average molecular weight is 457 g/mol. The molecule has 6 nitrogen and oxygen atoms in total. The number of halogens is 2. The zero-order chi connectivity index (χ0) is 23.4. The van der Waals surface area contributed by atoms with Crippen LogP contribution in [0.4, 0.5) is 20.3 Å². The maximum atomic E-state index is 15.3. The number of hydrogen-bond acceptors (Lipinski definition) is 6. The van der Waals surface area contributed by atoms with Crippen molar-refractivity contribution in [3.63, 3.8) is 0 Å². The summed E-state index contributed by atoms with van der Waals surface area (Å²) in [7, 11) is 0. The highest BCUT2D eigenvalue weighted by Gasteiger charge is 2.28. The Labute approximate surface area is 193 Å². The monoisotopic (exact) mass is 456 g/mol. The first-order valence-electron chi connectivity index (χ1n) is 11.4. The van der Waals surface area contributed by atoms with E-state index in [-0.39, 0.29) is 24.0 Å². The highest BCUT2D eigenvalue weighted by atomic mass is 19.1. The van der Waals surface area contributed by atoms with Crippen molar-refractivity contribution in [2.45, 2.75) is 51.6 Å². The molecule has 0 bridgehead atoms. The van der Waals surface area contributed by atoms with Crippen LogP contribution in [0.5, 0.6) is 5.88 Å². The summed E-state index contributed by atoms with van der Waals surface area (Å²) in [4.78, 5) is 5.66. The van der Waals surface area contributed by atoms with Gasteiger partial charge in [-0.15, -0.1) is 0 Å². The van der Waals surface area contributed by atoms with Crippen molar-refractivity contribution in [1.29, 1.82) is 0 Å². The number of aryl methyl sites for hydroxylation is 1. The molecule has 1 aliphatic carbocycles. The number of nitrogens with one attached hydrogen (secondary N) is 1. The van der Waals surface area contributed by atoms with Gasteiger partial charge in [0.25, 0.3) is 5.88 Å². The Morgan fingerprint density at radius 1 is 1.21 bits per heavy atom. The second-order valence-corrected chi connectivity index (χ2v) is 9.16. The zero-order valence-electron chi connectivity index (χ0n) is 19.1. The van der Waals surface area contributed by atoms with Crippen LogP contribution in [0.2, 0.25) is 0 Å². The summed E-state index contributed by atoms with van der Waals surface area (Å²) in [5.74, 6) is -2.27. The quantitative estimate of drug-likeness (QED) is 0.458. The van der Waals surface area contributed by atoms with Gasteiger partial charge < -0.3 is 14.7 Å². The summed E-state index contributed by atoms with van der Waals surface area (Å²) in [6.07, 6.45) is 10.6. The van der Waals surface area contributed by atoms with Gasteiger partial charge in [-0.05, 0) is 68.7 Å². The molecule has 1 aliphatic heterocycles. The summed E-state index contributed by atoms with van der Waals surface area (Å²) in [6.45, 7) is 3.99. The number of aliphatic hydroxyl groups is 1. The smallest absolute Gasteiger partial charge is 0.254 e. The van der Waals surface area contributed by atoms with Crippen molar-refractivity contribution >= 4 is 23.8 Å². The van der Waals surface area contributed by atoms with E-state index in [4.69, 9.17) is 4.74 Å². The summed E-state index contributed by atoms with van der Waals surface area (Å²) in [5.41, 5.74) is 4.53. The molecule has 0 radical (unpaired) electrons. The van der Waals surface area contributed by atoms with Gasteiger partial charge in [-0.25, -0.2) is 4.39 Å². The van der Waals surface area contributed by atoms with Crippen molar-refractivity contribution in [2.24, 2.45) is 5.10 Å². The van der Waals surface area contributed by atoms with Crippen LogP contribution in [-0.4, -0.2) is 41.6 Å². The fourth-order valence-corrected chi connectivity index (χ4v) is 4.01. The third-order valence-corrected chi connectivity index (χ3v) is 5.69. The SMILES string of the molecule is CC(C)(O)COc1nc(N/N=C/c2ccc3c(c2)C=CCC3)c(F)c(N2CCCCC2)c1F. The maximum absolute atomic E-state index is 15.3. The molecule has 1 aromatic heterocycles. The number of aromatic nitrogens is 1. The molecule has 176 valence electrons. The predicted octanol–water partition coefficient (Wildman–Crippen LogP) is 4.91. The van der Waals surface area contributed by atoms with Crippen LogP contribution in [0.1, 0.15) is 56.2 Å². The minimum absolute atomic E-state index is 0.174. The Morgan fingerprint density at radius 2 is 2.00 bits per heavy atom. The molecule has 0 saturated carbocycles. The molecule has 0 atom stereocenters. The van der Waals surface area contributed by atoms with Crippen LogP contribution in [0.15, 0.2) is 29.4 Å². The molecule has 0 amide bonds. The van der Waals surface area contributed by atoms with Crippen LogP contribution in [0.25, 0.3) is 6.08 Å². The predicted molar refractivity (Wildman–Crippen MR) is 127 cm³/mol. The average Bonchev–Trinajstić information content (AvgIpc) is 2.80. The Bertz CT molecular complexity index is 1060. The molecular weight excluding hydrogens is 426 g/mol. The van der Waals surface area contributed by atoms with Gasteiger partial charge in [-0.3, -0.25) is 5.43 Å². The van der Waals surface area contributed by atoms with Crippen LogP contribution in [0, 0.1) is 11.6 Å². The molecule has 4 rings (SSSR count). The Balaban J connectivity index is 1.60. The summed E-state index contributed by atoms with van der Waals surface area (Å²) >= 11 is 0. The third-order valence-electron chi connectivity index (χ3n) is 5.69. The number of piperidine rings is 1. The van der Waals surface area contributed by atoms with Gasteiger partial charge in [0.2, 0.25) is 5.82 Å². The van der Waals surface area contributed by atoms with E-state index in [1.165, 1.54) is 19.4 Å². The number of hydrazone groups is 1. The van der Waals surface area contributed by atoms with Gasteiger partial charge in [-0.2, -0.15) is 14.5 Å². The van der Waals surface area contributed by atoms with Crippen molar-refractivity contribution < 1.29 is 18.6 Å². The van der Waals surface area contributed by atoms with Crippen LogP contribution < -0.4 is 15.1 Å². The zero-order valence-corrected chi connectivity index (χ0v) is 19.1. The minimum atomic E-state index is -1.19. The number of nitrogens with zero attached hydrogens (tertiary/aromatic N) is 3. The largest absolute Gasteiger partial charge is 0.472 e. The van der Waals surface area contributed by atoms with Crippen molar-refractivity contribution in [3.05, 3.63) is 52.6 Å². The van der Waals surface area contributed by atoms with Gasteiger partial charge in [0, 0.05) is 13.1 Å². The van der Waals surface area contributed by atoms with Gasteiger partial charge in [0.1, 0.15) is 12.3 Å². The number of fused-ring (bicyclic) bond motifs is 1. The first-order valence-corrected chi connectivity index (χ1v) is 11.4. The van der Waals surface area contributed by atoms with Crippen LogP contribution >= 0.6 is 0 Å². The van der Waals surface area contributed by atoms with E-state index >= 15 is 8.78 Å². The molecule has 2 N–H and O–H groups in total. The third kappa shape index (κ3) is 5.68. The lowest BCUT2D eigenvalue weighted by atomic mass is 9.96. The number of ether oxygens (including phenoxy) is 1. The fraction of sp³-hybridized carbons (Fsp3) is 0.440. The van der Waals surface area contributed by atoms with Crippen LogP contribution in [0.3, 0.4) is 0 Å². The standard InChI is InChI=1S/C25H30F2N4O2/c1-25(2,32)16-33-24-21(27)22(31-12-6-3-7-13-31)20(26)23(29-24)30-28-15-17-10-11-18-8-4-5-9-19(18)14-17/h5,9-11,14-15,32H,3-4,6-8,12-13,16H2,1-2H3,(H,29,30)/b28-15+. The second kappa shape index (κ2) is 9.87. The maximum Gasteiger partial charge on any atom is 0.254 e. The van der Waals surface area contributed by atoms with Gasteiger partial charge >= 0.3 is 0 Å². The number of benzene rings is 1. The Kier molecular flexibility index (Phi) is 6.93. The van der Waals surface area contributed by atoms with E-state index in [1.54, 1.807) is 11.1 Å². The molecule has 2 aliphatic rings. The number of rotatable bonds is 7. The van der Waals surface area contributed by atoms with Crippen molar-refractivity contribution in [1.82, 2.24) is 4.98 Å². The van der Waals surface area contributed by atoms with Gasteiger partial charge in [0.15, 0.2) is 11.6 Å². The molecule has 1 aromatic carbocycles. The summed E-state index contributed by atoms with van der Waals surface area (Å²) in [5, 5.41) is 14.1. The first-order chi connectivity index (χ1) is 15.8. The first kappa shape index (κ1) is 23.2. The molecule has 8 heteroatoms. The van der Waals surface area contributed by atoms with Crippen LogP contribution in [-0.2, 0) is 6.42 Å². The second-order valence-electron chi connectivity index (χ2n) is 9.16. The molecule has 1 saturated heterocycles. The summed E-state index contributed by atoms with van der Waals surface area (Å²) < 4.78 is 36.0. The molecule has 33 heavy (non-hydrogen) atoms. The molecule has 0 spiro atoms. The number of allylic oxidation sites excluding steroid dienone is 1. The molecule has 1 fully saturated rings. The highest BCUT2D eigenvalue weighted by Crippen LogP contribution is 2.35. The molecule has 0 unspecified atom stereocenters. The molecule has 2 aromatic rings. The van der Waals surface area contributed by atoms with E-state index in [0.717, 1.165) is 43.2 Å². The van der Waals surface area contributed by atoms with Gasteiger partial charge in [-0.1, -0.05) is 24.3 Å². The highest BCUT2D eigenvalue weighted by molar-refractivity contribution is 5.82. The minimum Gasteiger partial charge on any atom is -0.472 e. The van der Waals surface area contributed by atoms with E-state index in [0.29, 0.717) is 13.1 Å². The summed E-state index contributed by atoms with van der Waals surface area (Å²) in [6, 6.07) is 6.03. The number of anilines is 2. The number of pyridine rings is 1. The topological polar surface area (TPSA) is 70.0 Å².